The molecule has 1 heterocycles. The van der Waals surface area contributed by atoms with Gasteiger partial charge >= 0.3 is 0 Å². The highest BCUT2D eigenvalue weighted by Crippen LogP contribution is 2.06. The molecule has 15 heavy (non-hydrogen) atoms. The van der Waals surface area contributed by atoms with Crippen LogP contribution in [0.25, 0.3) is 0 Å². The minimum atomic E-state index is -0.264. The van der Waals surface area contributed by atoms with Crippen molar-refractivity contribution in [3.63, 3.8) is 0 Å². The van der Waals surface area contributed by atoms with Crippen LogP contribution in [0.2, 0.25) is 0 Å². The van der Waals surface area contributed by atoms with Crippen LogP contribution in [0.5, 0.6) is 0 Å². The topological polar surface area (TPSA) is 70.3 Å². The predicted octanol–water partition coefficient (Wildman–Crippen LogP) is -0.921. The maximum Gasteiger partial charge on any atom is 0.224 e. The SMILES string of the molecule is CN(C)C1=NC(N(C)C)N(NC#N)C=N1. The van der Waals surface area contributed by atoms with E-state index in [1.54, 1.807) is 6.34 Å². The Morgan fingerprint density at radius 2 is 2.13 bits per heavy atom. The Morgan fingerprint density at radius 3 is 2.60 bits per heavy atom. The molecule has 1 unspecified atom stereocenters. The number of hydrazine groups is 1. The molecule has 0 radical (unpaired) electrons. The van der Waals surface area contributed by atoms with E-state index in [-0.39, 0.29) is 6.29 Å². The third kappa shape index (κ3) is 2.57. The molecular weight excluding hydrogens is 194 g/mol. The lowest BCUT2D eigenvalue weighted by molar-refractivity contribution is 0.128. The van der Waals surface area contributed by atoms with Crippen molar-refractivity contribution in [3.8, 4) is 6.19 Å². The molecule has 1 aliphatic rings. The number of rotatable bonds is 2. The lowest BCUT2D eigenvalue weighted by Crippen LogP contribution is -2.51. The van der Waals surface area contributed by atoms with Crippen molar-refractivity contribution in [1.82, 2.24) is 20.2 Å². The molecule has 0 spiro atoms. The zero-order valence-electron chi connectivity index (χ0n) is 9.34. The Kier molecular flexibility index (Phi) is 3.46. The summed E-state index contributed by atoms with van der Waals surface area (Å²) in [5, 5.41) is 10.1. The lowest BCUT2D eigenvalue weighted by atomic mass is 10.6. The van der Waals surface area contributed by atoms with Crippen molar-refractivity contribution < 1.29 is 0 Å². The van der Waals surface area contributed by atoms with Crippen LogP contribution in [0.15, 0.2) is 9.98 Å². The monoisotopic (exact) mass is 209 g/mol. The van der Waals surface area contributed by atoms with Crippen LogP contribution >= 0.6 is 0 Å². The summed E-state index contributed by atoms with van der Waals surface area (Å²) < 4.78 is 0. The van der Waals surface area contributed by atoms with Gasteiger partial charge in [-0.25, -0.2) is 20.4 Å². The molecule has 0 amide bonds. The molecule has 0 aromatic heterocycles. The number of hydrogen-bond donors (Lipinski definition) is 1. The van der Waals surface area contributed by atoms with Crippen molar-refractivity contribution in [2.24, 2.45) is 9.98 Å². The summed E-state index contributed by atoms with van der Waals surface area (Å²) in [6, 6.07) is 0. The molecule has 1 N–H and O–H groups in total. The van der Waals surface area contributed by atoms with E-state index in [1.165, 1.54) is 5.01 Å². The second kappa shape index (κ2) is 4.61. The lowest BCUT2D eigenvalue weighted by Gasteiger charge is -2.32. The summed E-state index contributed by atoms with van der Waals surface area (Å²) in [7, 11) is 7.51. The molecule has 1 atom stereocenters. The van der Waals surface area contributed by atoms with E-state index in [2.05, 4.69) is 15.4 Å². The van der Waals surface area contributed by atoms with E-state index >= 15 is 0 Å². The van der Waals surface area contributed by atoms with Gasteiger partial charge in [-0.15, -0.1) is 0 Å². The van der Waals surface area contributed by atoms with Gasteiger partial charge in [0.2, 0.25) is 12.2 Å². The Morgan fingerprint density at radius 1 is 1.47 bits per heavy atom. The summed E-state index contributed by atoms with van der Waals surface area (Å²) in [5.74, 6) is 0.629. The fraction of sp³-hybridized carbons (Fsp3) is 0.625. The molecule has 0 fully saturated rings. The van der Waals surface area contributed by atoms with Crippen molar-refractivity contribution in [2.45, 2.75) is 6.29 Å². The second-order valence-electron chi connectivity index (χ2n) is 3.51. The van der Waals surface area contributed by atoms with Gasteiger partial charge in [-0.3, -0.25) is 4.90 Å². The molecular formula is C8H15N7. The summed E-state index contributed by atoms with van der Waals surface area (Å²) in [5.41, 5.74) is 2.50. The zero-order chi connectivity index (χ0) is 11.4. The van der Waals surface area contributed by atoms with Crippen molar-refractivity contribution in [3.05, 3.63) is 0 Å². The van der Waals surface area contributed by atoms with Crippen LogP contribution in [0.3, 0.4) is 0 Å². The van der Waals surface area contributed by atoms with Crippen LogP contribution in [0, 0.1) is 11.5 Å². The number of nitriles is 1. The molecule has 0 aromatic carbocycles. The van der Waals surface area contributed by atoms with E-state index in [4.69, 9.17) is 5.26 Å². The minimum Gasteiger partial charge on any atom is -0.347 e. The molecule has 0 saturated carbocycles. The first-order valence-corrected chi connectivity index (χ1v) is 4.45. The van der Waals surface area contributed by atoms with Gasteiger partial charge in [0.15, 0.2) is 6.19 Å². The Hall–Kier alpha value is -1.81. The number of guanidine groups is 1. The first-order chi connectivity index (χ1) is 7.06. The zero-order valence-corrected chi connectivity index (χ0v) is 9.34. The highest BCUT2D eigenvalue weighted by Gasteiger charge is 2.22. The fourth-order valence-electron chi connectivity index (χ4n) is 1.11. The van der Waals surface area contributed by atoms with Crippen LogP contribution < -0.4 is 5.43 Å². The van der Waals surface area contributed by atoms with Crippen LogP contribution in [-0.2, 0) is 0 Å². The van der Waals surface area contributed by atoms with Crippen molar-refractivity contribution in [1.29, 1.82) is 5.26 Å². The van der Waals surface area contributed by atoms with Crippen molar-refractivity contribution in [2.75, 3.05) is 28.2 Å². The average Bonchev–Trinajstić information content (AvgIpc) is 2.18. The maximum atomic E-state index is 8.55. The predicted molar refractivity (Wildman–Crippen MR) is 57.7 cm³/mol. The first-order valence-electron chi connectivity index (χ1n) is 4.45. The number of hydrogen-bond acceptors (Lipinski definition) is 7. The van der Waals surface area contributed by atoms with Crippen LogP contribution in [0.4, 0.5) is 0 Å². The number of nitrogens with zero attached hydrogens (tertiary/aromatic N) is 6. The molecule has 0 saturated heterocycles. The van der Waals surface area contributed by atoms with Gasteiger partial charge in [0.1, 0.15) is 6.34 Å². The highest BCUT2D eigenvalue weighted by atomic mass is 15.6. The largest absolute Gasteiger partial charge is 0.347 e. The van der Waals surface area contributed by atoms with Gasteiger partial charge in [0.25, 0.3) is 0 Å². The number of aliphatic imine (C=N–C) groups is 2. The third-order valence-electron chi connectivity index (χ3n) is 1.82. The van der Waals surface area contributed by atoms with E-state index in [1.807, 2.05) is 44.2 Å². The molecule has 0 aliphatic carbocycles. The molecule has 1 rings (SSSR count). The smallest absolute Gasteiger partial charge is 0.224 e. The maximum absolute atomic E-state index is 8.55. The van der Waals surface area contributed by atoms with E-state index in [9.17, 15) is 0 Å². The van der Waals surface area contributed by atoms with Gasteiger partial charge in [0.05, 0.1) is 0 Å². The average molecular weight is 209 g/mol. The van der Waals surface area contributed by atoms with Crippen LogP contribution in [-0.4, -0.2) is 61.6 Å². The summed E-state index contributed by atoms with van der Waals surface area (Å²) >= 11 is 0. The molecule has 7 nitrogen and oxygen atoms in total. The van der Waals surface area contributed by atoms with E-state index < -0.39 is 0 Å². The van der Waals surface area contributed by atoms with Gasteiger partial charge in [0, 0.05) is 14.1 Å². The first kappa shape index (κ1) is 11.3. The number of nitrogens with one attached hydrogen (secondary N) is 1. The molecule has 7 heteroatoms. The van der Waals surface area contributed by atoms with Gasteiger partial charge in [-0.2, -0.15) is 5.26 Å². The van der Waals surface area contributed by atoms with Gasteiger partial charge in [-0.05, 0) is 14.1 Å². The Labute approximate surface area is 89.3 Å². The van der Waals surface area contributed by atoms with Gasteiger partial charge < -0.3 is 4.90 Å². The van der Waals surface area contributed by atoms with Crippen molar-refractivity contribution >= 4 is 12.3 Å². The fourth-order valence-corrected chi connectivity index (χ4v) is 1.11. The summed E-state index contributed by atoms with van der Waals surface area (Å²) in [6.07, 6.45) is 3.13. The van der Waals surface area contributed by atoms with E-state index in [0.717, 1.165) is 0 Å². The van der Waals surface area contributed by atoms with Crippen LogP contribution in [0.1, 0.15) is 0 Å². The molecule has 1 aliphatic heterocycles. The molecule has 0 aromatic rings. The minimum absolute atomic E-state index is 0.264. The molecule has 82 valence electrons. The highest BCUT2D eigenvalue weighted by molar-refractivity contribution is 5.88. The third-order valence-corrected chi connectivity index (χ3v) is 1.82. The normalized spacial score (nSPS) is 19.9. The Balaban J connectivity index is 2.85. The van der Waals surface area contributed by atoms with E-state index in [0.29, 0.717) is 5.96 Å². The Bertz CT molecular complexity index is 311. The standard InChI is InChI=1S/C8H15N7/c1-13(2)7-10-6-15(11-5-9)8(12-7)14(3)4/h6,8,11H,1-4H3. The summed E-state index contributed by atoms with van der Waals surface area (Å²) in [4.78, 5) is 12.2. The molecule has 0 bridgehead atoms. The summed E-state index contributed by atoms with van der Waals surface area (Å²) in [6.45, 7) is 0. The van der Waals surface area contributed by atoms with Gasteiger partial charge in [-0.1, -0.05) is 0 Å². The quantitative estimate of drug-likeness (QED) is 0.470. The second-order valence-corrected chi connectivity index (χ2v) is 3.51.